The van der Waals surface area contributed by atoms with Crippen LogP contribution in [0.2, 0.25) is 0 Å². The van der Waals surface area contributed by atoms with Gasteiger partial charge in [-0.1, -0.05) is 19.1 Å². The highest BCUT2D eigenvalue weighted by Gasteiger charge is 2.25. The molecule has 1 unspecified atom stereocenters. The van der Waals surface area contributed by atoms with Crippen LogP contribution in [0.4, 0.5) is 5.69 Å². The summed E-state index contributed by atoms with van der Waals surface area (Å²) in [7, 11) is 0. The van der Waals surface area contributed by atoms with Crippen molar-refractivity contribution in [3.8, 4) is 0 Å². The number of aliphatic hydroxyl groups is 1. The van der Waals surface area contributed by atoms with Crippen molar-refractivity contribution in [1.82, 2.24) is 0 Å². The summed E-state index contributed by atoms with van der Waals surface area (Å²) in [6, 6.07) is 6.63. The van der Waals surface area contributed by atoms with Crippen molar-refractivity contribution in [3.05, 3.63) is 29.3 Å². The number of rotatable bonds is 3. The lowest BCUT2D eigenvalue weighted by Crippen LogP contribution is -2.22. The van der Waals surface area contributed by atoms with Gasteiger partial charge in [0.05, 0.1) is 5.60 Å². The van der Waals surface area contributed by atoms with Crippen molar-refractivity contribution in [1.29, 1.82) is 0 Å². The van der Waals surface area contributed by atoms with Crippen LogP contribution in [0.25, 0.3) is 0 Å². The molecule has 1 atom stereocenters. The van der Waals surface area contributed by atoms with E-state index in [-0.39, 0.29) is 0 Å². The second-order valence-electron chi connectivity index (χ2n) is 5.82. The Morgan fingerprint density at radius 2 is 2.12 bits per heavy atom. The molecule has 0 fully saturated rings. The second kappa shape index (κ2) is 4.34. The van der Waals surface area contributed by atoms with Crippen molar-refractivity contribution < 1.29 is 5.11 Å². The van der Waals surface area contributed by atoms with E-state index in [9.17, 15) is 5.11 Å². The summed E-state index contributed by atoms with van der Waals surface area (Å²) in [5, 5.41) is 9.87. The van der Waals surface area contributed by atoms with Crippen LogP contribution < -0.4 is 4.90 Å². The average Bonchev–Trinajstić information content (AvgIpc) is 2.53. The molecule has 0 amide bonds. The van der Waals surface area contributed by atoms with Crippen LogP contribution in [-0.4, -0.2) is 23.8 Å². The van der Waals surface area contributed by atoms with Crippen LogP contribution in [-0.2, 0) is 6.42 Å². The van der Waals surface area contributed by atoms with Crippen molar-refractivity contribution in [2.24, 2.45) is 0 Å². The van der Waals surface area contributed by atoms with Gasteiger partial charge >= 0.3 is 0 Å². The van der Waals surface area contributed by atoms with E-state index in [1.807, 2.05) is 13.8 Å². The Hall–Kier alpha value is -1.02. The maximum absolute atomic E-state index is 9.87. The summed E-state index contributed by atoms with van der Waals surface area (Å²) in [6.45, 7) is 10.4. The van der Waals surface area contributed by atoms with Crippen molar-refractivity contribution in [3.63, 3.8) is 0 Å². The molecule has 1 N–H and O–H groups in total. The first-order valence-electron chi connectivity index (χ1n) is 6.51. The zero-order valence-electron chi connectivity index (χ0n) is 11.3. The van der Waals surface area contributed by atoms with E-state index in [0.717, 1.165) is 19.5 Å². The van der Waals surface area contributed by atoms with E-state index in [1.54, 1.807) is 0 Å². The summed E-state index contributed by atoms with van der Waals surface area (Å²) in [5.41, 5.74) is 3.43. The molecule has 1 aliphatic rings. The summed E-state index contributed by atoms with van der Waals surface area (Å²) in [5.74, 6) is 0.603. The van der Waals surface area contributed by atoms with Gasteiger partial charge in [-0.25, -0.2) is 0 Å². The molecule has 0 bridgehead atoms. The SMILES string of the molecule is CCN1CC(C)c2cc(CC(C)(C)O)ccc21. The second-order valence-corrected chi connectivity index (χ2v) is 5.82. The van der Waals surface area contributed by atoms with Gasteiger partial charge in [0, 0.05) is 31.1 Å². The predicted octanol–water partition coefficient (Wildman–Crippen LogP) is 2.94. The van der Waals surface area contributed by atoms with Gasteiger partial charge in [0.1, 0.15) is 0 Å². The molecule has 1 heterocycles. The highest BCUT2D eigenvalue weighted by molar-refractivity contribution is 5.61. The minimum atomic E-state index is -0.624. The fourth-order valence-corrected chi connectivity index (χ4v) is 2.72. The van der Waals surface area contributed by atoms with Crippen LogP contribution in [0.3, 0.4) is 0 Å². The molecule has 2 heteroatoms. The molecular formula is C15H23NO. The highest BCUT2D eigenvalue weighted by atomic mass is 16.3. The van der Waals surface area contributed by atoms with Crippen LogP contribution in [0, 0.1) is 0 Å². The number of hydrogen-bond donors (Lipinski definition) is 1. The third kappa shape index (κ3) is 2.63. The zero-order valence-corrected chi connectivity index (χ0v) is 11.3. The van der Waals surface area contributed by atoms with Crippen LogP contribution >= 0.6 is 0 Å². The number of fused-ring (bicyclic) bond motifs is 1. The quantitative estimate of drug-likeness (QED) is 0.867. The molecule has 0 radical (unpaired) electrons. The first-order valence-corrected chi connectivity index (χ1v) is 6.51. The number of nitrogens with zero attached hydrogens (tertiary/aromatic N) is 1. The van der Waals surface area contributed by atoms with Gasteiger partial charge in [0.15, 0.2) is 0 Å². The first-order chi connectivity index (χ1) is 7.90. The number of benzene rings is 1. The molecular weight excluding hydrogens is 210 g/mol. The predicted molar refractivity (Wildman–Crippen MR) is 72.7 cm³/mol. The third-order valence-electron chi connectivity index (χ3n) is 3.48. The Morgan fingerprint density at radius 3 is 2.71 bits per heavy atom. The molecule has 0 aliphatic carbocycles. The maximum Gasteiger partial charge on any atom is 0.0631 e. The standard InChI is InChI=1S/C15H23NO/c1-5-16-10-11(2)13-8-12(6-7-14(13)16)9-15(3,4)17/h6-8,11,17H,5,9-10H2,1-4H3. The zero-order chi connectivity index (χ0) is 12.6. The van der Waals surface area contributed by atoms with Gasteiger partial charge in [0.25, 0.3) is 0 Å². The molecule has 94 valence electrons. The van der Waals surface area contributed by atoms with Crippen LogP contribution in [0.5, 0.6) is 0 Å². The van der Waals surface area contributed by atoms with E-state index in [0.29, 0.717) is 5.92 Å². The molecule has 1 aromatic rings. The largest absolute Gasteiger partial charge is 0.390 e. The molecule has 0 saturated carbocycles. The number of likely N-dealkylation sites (N-methyl/N-ethyl adjacent to an activating group) is 1. The van der Waals surface area contributed by atoms with Crippen molar-refractivity contribution in [2.75, 3.05) is 18.0 Å². The van der Waals surface area contributed by atoms with Crippen molar-refractivity contribution >= 4 is 5.69 Å². The van der Waals surface area contributed by atoms with Gasteiger partial charge in [-0.3, -0.25) is 0 Å². The molecule has 2 nitrogen and oxygen atoms in total. The monoisotopic (exact) mass is 233 g/mol. The Kier molecular flexibility index (Phi) is 3.17. The van der Waals surface area contributed by atoms with Crippen molar-refractivity contribution in [2.45, 2.75) is 45.6 Å². The van der Waals surface area contributed by atoms with Crippen LogP contribution in [0.1, 0.15) is 44.7 Å². The molecule has 0 spiro atoms. The lowest BCUT2D eigenvalue weighted by molar-refractivity contribution is 0.0810. The molecule has 0 saturated heterocycles. The molecule has 1 aliphatic heterocycles. The van der Waals surface area contributed by atoms with E-state index in [1.165, 1.54) is 16.8 Å². The van der Waals surface area contributed by atoms with Gasteiger partial charge in [0.2, 0.25) is 0 Å². The van der Waals surface area contributed by atoms with E-state index in [4.69, 9.17) is 0 Å². The Morgan fingerprint density at radius 1 is 1.41 bits per heavy atom. The lowest BCUT2D eigenvalue weighted by atomic mass is 9.94. The minimum Gasteiger partial charge on any atom is -0.390 e. The summed E-state index contributed by atoms with van der Waals surface area (Å²) in [6.07, 6.45) is 0.721. The van der Waals surface area contributed by atoms with Gasteiger partial charge in [-0.05, 0) is 38.0 Å². The topological polar surface area (TPSA) is 23.5 Å². The third-order valence-corrected chi connectivity index (χ3v) is 3.48. The summed E-state index contributed by atoms with van der Waals surface area (Å²) >= 11 is 0. The van der Waals surface area contributed by atoms with Gasteiger partial charge in [-0.2, -0.15) is 0 Å². The minimum absolute atomic E-state index is 0.603. The van der Waals surface area contributed by atoms with Gasteiger partial charge in [-0.15, -0.1) is 0 Å². The smallest absolute Gasteiger partial charge is 0.0631 e. The maximum atomic E-state index is 9.87. The van der Waals surface area contributed by atoms with E-state index < -0.39 is 5.60 Å². The fourth-order valence-electron chi connectivity index (χ4n) is 2.72. The fraction of sp³-hybridized carbons (Fsp3) is 0.600. The molecule has 1 aromatic carbocycles. The molecule has 2 rings (SSSR count). The average molecular weight is 233 g/mol. The molecule has 0 aromatic heterocycles. The lowest BCUT2D eigenvalue weighted by Gasteiger charge is -2.19. The Labute approximate surface area is 104 Å². The number of hydrogen-bond acceptors (Lipinski definition) is 2. The first kappa shape index (κ1) is 12.4. The number of anilines is 1. The van der Waals surface area contributed by atoms with Crippen LogP contribution in [0.15, 0.2) is 18.2 Å². The summed E-state index contributed by atoms with van der Waals surface area (Å²) < 4.78 is 0. The van der Waals surface area contributed by atoms with Gasteiger partial charge < -0.3 is 10.0 Å². The Balaban J connectivity index is 2.29. The summed E-state index contributed by atoms with van der Waals surface area (Å²) in [4.78, 5) is 2.42. The highest BCUT2D eigenvalue weighted by Crippen LogP contribution is 2.36. The molecule has 17 heavy (non-hydrogen) atoms. The normalized spacial score (nSPS) is 19.6. The van der Waals surface area contributed by atoms with E-state index >= 15 is 0 Å². The Bertz CT molecular complexity index is 406. The van der Waals surface area contributed by atoms with E-state index in [2.05, 4.69) is 36.9 Å².